The summed E-state index contributed by atoms with van der Waals surface area (Å²) in [6.45, 7) is 4.69. The van der Waals surface area contributed by atoms with Crippen molar-refractivity contribution in [1.82, 2.24) is 0 Å². The highest BCUT2D eigenvalue weighted by atomic mass is 16.5. The van der Waals surface area contributed by atoms with Crippen molar-refractivity contribution in [3.8, 4) is 5.75 Å². The molecule has 0 amide bonds. The number of anilines is 1. The first-order valence-corrected chi connectivity index (χ1v) is 6.83. The third-order valence-electron chi connectivity index (χ3n) is 2.73. The number of ether oxygens (including phenoxy) is 2. The van der Waals surface area contributed by atoms with Gasteiger partial charge in [-0.15, -0.1) is 0 Å². The SMILES string of the molecule is CCCCCOc1ccccc1NCCCOC. The summed E-state index contributed by atoms with van der Waals surface area (Å²) < 4.78 is 10.8. The van der Waals surface area contributed by atoms with Gasteiger partial charge in [0.2, 0.25) is 0 Å². The van der Waals surface area contributed by atoms with Crippen LogP contribution in [0.4, 0.5) is 5.69 Å². The summed E-state index contributed by atoms with van der Waals surface area (Å²) in [6, 6.07) is 8.11. The predicted molar refractivity (Wildman–Crippen MR) is 76.4 cm³/mol. The molecule has 0 heterocycles. The topological polar surface area (TPSA) is 30.5 Å². The van der Waals surface area contributed by atoms with E-state index in [0.717, 1.165) is 44.0 Å². The van der Waals surface area contributed by atoms with Gasteiger partial charge in [-0.3, -0.25) is 0 Å². The minimum absolute atomic E-state index is 0.784. The van der Waals surface area contributed by atoms with Crippen molar-refractivity contribution in [2.75, 3.05) is 32.2 Å². The molecule has 0 aliphatic heterocycles. The Kier molecular flexibility index (Phi) is 8.06. The number of unbranched alkanes of at least 4 members (excludes halogenated alkanes) is 2. The maximum atomic E-state index is 5.80. The minimum atomic E-state index is 0.784. The maximum absolute atomic E-state index is 5.80. The fourth-order valence-electron chi connectivity index (χ4n) is 1.71. The van der Waals surface area contributed by atoms with Crippen molar-refractivity contribution in [1.29, 1.82) is 0 Å². The van der Waals surface area contributed by atoms with Crippen molar-refractivity contribution in [3.63, 3.8) is 0 Å². The molecule has 1 aromatic carbocycles. The van der Waals surface area contributed by atoms with Gasteiger partial charge in [-0.05, 0) is 25.0 Å². The molecule has 0 saturated heterocycles. The number of nitrogens with one attached hydrogen (secondary N) is 1. The molecule has 102 valence electrons. The lowest BCUT2D eigenvalue weighted by molar-refractivity contribution is 0.197. The second-order valence-corrected chi connectivity index (χ2v) is 4.32. The summed E-state index contributed by atoms with van der Waals surface area (Å²) in [7, 11) is 1.73. The Bertz CT molecular complexity index is 284. The van der Waals surface area contributed by atoms with E-state index in [4.69, 9.17) is 9.47 Å². The molecule has 0 spiro atoms. The quantitative estimate of drug-likeness (QED) is 0.643. The summed E-state index contributed by atoms with van der Waals surface area (Å²) >= 11 is 0. The molecule has 0 radical (unpaired) electrons. The molecule has 0 saturated carbocycles. The van der Waals surface area contributed by atoms with Crippen LogP contribution in [0.15, 0.2) is 24.3 Å². The van der Waals surface area contributed by atoms with Gasteiger partial charge in [0.25, 0.3) is 0 Å². The number of hydrogen-bond donors (Lipinski definition) is 1. The van der Waals surface area contributed by atoms with E-state index in [2.05, 4.69) is 18.3 Å². The minimum Gasteiger partial charge on any atom is -0.491 e. The number of methoxy groups -OCH3 is 1. The first-order chi connectivity index (χ1) is 8.88. The lowest BCUT2D eigenvalue weighted by Crippen LogP contribution is -2.07. The van der Waals surface area contributed by atoms with Crippen molar-refractivity contribution in [2.45, 2.75) is 32.6 Å². The van der Waals surface area contributed by atoms with E-state index in [1.807, 2.05) is 18.2 Å². The Morgan fingerprint density at radius 3 is 2.67 bits per heavy atom. The summed E-state index contributed by atoms with van der Waals surface area (Å²) in [4.78, 5) is 0. The zero-order valence-electron chi connectivity index (χ0n) is 11.6. The lowest BCUT2D eigenvalue weighted by Gasteiger charge is -2.13. The number of benzene rings is 1. The normalized spacial score (nSPS) is 10.3. The first-order valence-electron chi connectivity index (χ1n) is 6.83. The standard InChI is InChI=1S/C15H25NO2/c1-3-4-7-13-18-15-10-6-5-9-14(15)16-11-8-12-17-2/h5-6,9-10,16H,3-4,7-8,11-13H2,1-2H3. The smallest absolute Gasteiger partial charge is 0.142 e. The van der Waals surface area contributed by atoms with Gasteiger partial charge in [0, 0.05) is 20.3 Å². The third kappa shape index (κ3) is 5.92. The van der Waals surface area contributed by atoms with Crippen LogP contribution in [0, 0.1) is 0 Å². The molecule has 3 nitrogen and oxygen atoms in total. The molecule has 1 N–H and O–H groups in total. The number of rotatable bonds is 10. The molecule has 18 heavy (non-hydrogen) atoms. The van der Waals surface area contributed by atoms with Crippen molar-refractivity contribution in [3.05, 3.63) is 24.3 Å². The molecule has 0 fully saturated rings. The van der Waals surface area contributed by atoms with Crippen molar-refractivity contribution in [2.24, 2.45) is 0 Å². The van der Waals surface area contributed by atoms with E-state index < -0.39 is 0 Å². The van der Waals surface area contributed by atoms with Gasteiger partial charge in [-0.2, -0.15) is 0 Å². The fourth-order valence-corrected chi connectivity index (χ4v) is 1.71. The van der Waals surface area contributed by atoms with Crippen LogP contribution in [0.25, 0.3) is 0 Å². The summed E-state index contributed by atoms with van der Waals surface area (Å²) in [5.74, 6) is 0.950. The van der Waals surface area contributed by atoms with Crippen molar-refractivity contribution >= 4 is 5.69 Å². The van der Waals surface area contributed by atoms with E-state index in [-0.39, 0.29) is 0 Å². The van der Waals surface area contributed by atoms with Crippen molar-refractivity contribution < 1.29 is 9.47 Å². The Hall–Kier alpha value is -1.22. The third-order valence-corrected chi connectivity index (χ3v) is 2.73. The Balaban J connectivity index is 2.36. The number of para-hydroxylation sites is 2. The van der Waals surface area contributed by atoms with Gasteiger partial charge in [-0.1, -0.05) is 31.9 Å². The van der Waals surface area contributed by atoms with Gasteiger partial charge in [0.1, 0.15) is 5.75 Å². The van der Waals surface area contributed by atoms with Gasteiger partial charge in [0.15, 0.2) is 0 Å². The van der Waals surface area contributed by atoms with E-state index in [9.17, 15) is 0 Å². The molecular weight excluding hydrogens is 226 g/mol. The summed E-state index contributed by atoms with van der Waals surface area (Å²) in [5, 5.41) is 3.38. The van der Waals surface area contributed by atoms with Crippen LogP contribution in [-0.2, 0) is 4.74 Å². The van der Waals surface area contributed by atoms with Crippen LogP contribution in [-0.4, -0.2) is 26.9 Å². The molecule has 1 rings (SSSR count). The Morgan fingerprint density at radius 1 is 1.06 bits per heavy atom. The lowest BCUT2D eigenvalue weighted by atomic mass is 10.2. The molecule has 0 aromatic heterocycles. The van der Waals surface area contributed by atoms with Crippen LogP contribution in [0.1, 0.15) is 32.6 Å². The first kappa shape index (κ1) is 14.8. The monoisotopic (exact) mass is 251 g/mol. The second kappa shape index (κ2) is 9.77. The highest BCUT2D eigenvalue weighted by Gasteiger charge is 2.01. The highest BCUT2D eigenvalue weighted by Crippen LogP contribution is 2.23. The molecule has 3 heteroatoms. The predicted octanol–water partition coefficient (Wildman–Crippen LogP) is 3.70. The van der Waals surface area contributed by atoms with Crippen LogP contribution in [0.2, 0.25) is 0 Å². The molecular formula is C15H25NO2. The fraction of sp³-hybridized carbons (Fsp3) is 0.600. The summed E-state index contributed by atoms with van der Waals surface area (Å²) in [5.41, 5.74) is 1.07. The van der Waals surface area contributed by atoms with Gasteiger partial charge >= 0.3 is 0 Å². The summed E-state index contributed by atoms with van der Waals surface area (Å²) in [6.07, 6.45) is 4.57. The molecule has 0 aliphatic rings. The van der Waals surface area contributed by atoms with E-state index in [1.165, 1.54) is 12.8 Å². The zero-order chi connectivity index (χ0) is 13.1. The van der Waals surface area contributed by atoms with E-state index in [0.29, 0.717) is 0 Å². The molecule has 0 unspecified atom stereocenters. The average molecular weight is 251 g/mol. The Morgan fingerprint density at radius 2 is 1.89 bits per heavy atom. The van der Waals surface area contributed by atoms with Crippen LogP contribution in [0.3, 0.4) is 0 Å². The number of hydrogen-bond acceptors (Lipinski definition) is 3. The molecule has 0 bridgehead atoms. The van der Waals surface area contributed by atoms with Gasteiger partial charge < -0.3 is 14.8 Å². The average Bonchev–Trinajstić information content (AvgIpc) is 2.41. The Labute approximate surface area is 110 Å². The molecule has 0 aliphatic carbocycles. The highest BCUT2D eigenvalue weighted by molar-refractivity contribution is 5.56. The van der Waals surface area contributed by atoms with E-state index in [1.54, 1.807) is 7.11 Å². The van der Waals surface area contributed by atoms with E-state index >= 15 is 0 Å². The van der Waals surface area contributed by atoms with Gasteiger partial charge in [0.05, 0.1) is 12.3 Å². The largest absolute Gasteiger partial charge is 0.491 e. The second-order valence-electron chi connectivity index (χ2n) is 4.32. The van der Waals surface area contributed by atoms with Gasteiger partial charge in [-0.25, -0.2) is 0 Å². The van der Waals surface area contributed by atoms with Crippen LogP contribution >= 0.6 is 0 Å². The molecule has 1 aromatic rings. The zero-order valence-corrected chi connectivity index (χ0v) is 11.6. The maximum Gasteiger partial charge on any atom is 0.142 e. The molecule has 0 atom stereocenters. The van der Waals surface area contributed by atoms with Crippen LogP contribution < -0.4 is 10.1 Å². The van der Waals surface area contributed by atoms with Crippen LogP contribution in [0.5, 0.6) is 5.75 Å².